The number of nitrogen functional groups attached to an aromatic ring is 1. The molecule has 2 N–H and O–H groups in total. The van der Waals surface area contributed by atoms with Crippen molar-refractivity contribution in [1.82, 2.24) is 9.78 Å². The molecule has 0 fully saturated rings. The van der Waals surface area contributed by atoms with Crippen molar-refractivity contribution in [2.75, 3.05) is 5.73 Å². The summed E-state index contributed by atoms with van der Waals surface area (Å²) in [5.74, 6) is 0. The lowest BCUT2D eigenvalue weighted by Gasteiger charge is -2.06. The number of rotatable bonds is 1. The first kappa shape index (κ1) is 9.27. The summed E-state index contributed by atoms with van der Waals surface area (Å²) in [5.41, 5.74) is 8.69. The molecule has 2 aromatic rings. The number of nitrogens with zero attached hydrogens (tertiary/aromatic N) is 2. The van der Waals surface area contributed by atoms with E-state index < -0.39 is 0 Å². The van der Waals surface area contributed by atoms with Crippen LogP contribution < -0.4 is 5.73 Å². The lowest BCUT2D eigenvalue weighted by Crippen LogP contribution is -1.96. The molecule has 3 nitrogen and oxygen atoms in total. The maximum absolute atomic E-state index is 5.91. The van der Waals surface area contributed by atoms with Crippen molar-refractivity contribution in [2.45, 2.75) is 0 Å². The summed E-state index contributed by atoms with van der Waals surface area (Å²) in [6.45, 7) is 0. The Labute approximate surface area is 90.7 Å². The summed E-state index contributed by atoms with van der Waals surface area (Å²) in [6.07, 6.45) is 1.76. The Bertz CT molecular complexity index is 462. The topological polar surface area (TPSA) is 43.8 Å². The number of anilines is 1. The maximum Gasteiger partial charge on any atom is 0.0699 e. The molecule has 72 valence electrons. The van der Waals surface area contributed by atoms with E-state index in [1.807, 2.05) is 31.3 Å². The fraction of sp³-hybridized carbons (Fsp3) is 0.100. The lowest BCUT2D eigenvalue weighted by atomic mass is 10.1. The highest BCUT2D eigenvalue weighted by atomic mass is 79.9. The van der Waals surface area contributed by atoms with Gasteiger partial charge in [0.05, 0.1) is 5.69 Å². The molecule has 0 radical (unpaired) electrons. The number of hydrogen-bond donors (Lipinski definition) is 1. The molecule has 14 heavy (non-hydrogen) atoms. The third kappa shape index (κ3) is 1.53. The van der Waals surface area contributed by atoms with Crippen molar-refractivity contribution in [3.8, 4) is 11.3 Å². The van der Waals surface area contributed by atoms with Crippen molar-refractivity contribution >= 4 is 21.6 Å². The Morgan fingerprint density at radius 2 is 2.14 bits per heavy atom. The fourth-order valence-electron chi connectivity index (χ4n) is 1.40. The highest BCUT2D eigenvalue weighted by Gasteiger charge is 2.06. The van der Waals surface area contributed by atoms with Crippen molar-refractivity contribution < 1.29 is 0 Å². The maximum atomic E-state index is 5.91. The first-order valence-corrected chi connectivity index (χ1v) is 5.01. The molecule has 1 aromatic heterocycles. The quantitative estimate of drug-likeness (QED) is 0.792. The molecule has 0 amide bonds. The molecule has 0 bridgehead atoms. The summed E-state index contributed by atoms with van der Waals surface area (Å²) in [7, 11) is 1.90. The van der Waals surface area contributed by atoms with E-state index in [0.29, 0.717) is 0 Å². The number of aromatic nitrogens is 2. The van der Waals surface area contributed by atoms with Crippen LogP contribution >= 0.6 is 15.9 Å². The minimum Gasteiger partial charge on any atom is -0.398 e. The summed E-state index contributed by atoms with van der Waals surface area (Å²) in [5, 5.41) is 4.11. The molecule has 0 saturated heterocycles. The van der Waals surface area contributed by atoms with Gasteiger partial charge in [0.1, 0.15) is 0 Å². The van der Waals surface area contributed by atoms with Gasteiger partial charge in [0.15, 0.2) is 0 Å². The van der Waals surface area contributed by atoms with Gasteiger partial charge in [-0.3, -0.25) is 4.68 Å². The molecule has 0 atom stereocenters. The van der Waals surface area contributed by atoms with Gasteiger partial charge in [-0.15, -0.1) is 0 Å². The van der Waals surface area contributed by atoms with Crippen molar-refractivity contribution in [1.29, 1.82) is 0 Å². The van der Waals surface area contributed by atoms with Gasteiger partial charge in [0.25, 0.3) is 0 Å². The van der Waals surface area contributed by atoms with Gasteiger partial charge in [-0.25, -0.2) is 0 Å². The summed E-state index contributed by atoms with van der Waals surface area (Å²) >= 11 is 3.38. The molecule has 0 aliphatic rings. The van der Waals surface area contributed by atoms with Gasteiger partial charge in [-0.05, 0) is 24.3 Å². The van der Waals surface area contributed by atoms with Gasteiger partial charge >= 0.3 is 0 Å². The average molecular weight is 252 g/mol. The van der Waals surface area contributed by atoms with Crippen LogP contribution in [0.2, 0.25) is 0 Å². The van der Waals surface area contributed by atoms with Crippen LogP contribution in [0.4, 0.5) is 5.69 Å². The number of benzene rings is 1. The molecule has 1 aromatic carbocycles. The van der Waals surface area contributed by atoms with Crippen molar-refractivity contribution in [3.63, 3.8) is 0 Å². The summed E-state index contributed by atoms with van der Waals surface area (Å²) < 4.78 is 2.79. The van der Waals surface area contributed by atoms with Crippen LogP contribution in [0.1, 0.15) is 0 Å². The minimum absolute atomic E-state index is 0.753. The first-order chi connectivity index (χ1) is 6.68. The summed E-state index contributed by atoms with van der Waals surface area (Å²) in [4.78, 5) is 0. The lowest BCUT2D eigenvalue weighted by molar-refractivity contribution is 0.776. The third-order valence-electron chi connectivity index (χ3n) is 2.11. The van der Waals surface area contributed by atoms with E-state index in [2.05, 4.69) is 21.0 Å². The zero-order valence-electron chi connectivity index (χ0n) is 7.74. The first-order valence-electron chi connectivity index (χ1n) is 4.22. The van der Waals surface area contributed by atoms with Gasteiger partial charge in [0, 0.05) is 29.0 Å². The molecular weight excluding hydrogens is 242 g/mol. The molecular formula is C10H10BrN3. The van der Waals surface area contributed by atoms with Crippen LogP contribution in [0.5, 0.6) is 0 Å². The molecule has 4 heteroatoms. The third-order valence-corrected chi connectivity index (χ3v) is 2.60. The zero-order chi connectivity index (χ0) is 10.1. The smallest absolute Gasteiger partial charge is 0.0699 e. The fourth-order valence-corrected chi connectivity index (χ4v) is 1.78. The number of aryl methyl sites for hydroxylation is 1. The number of halogens is 1. The van der Waals surface area contributed by atoms with Crippen LogP contribution in [-0.2, 0) is 7.05 Å². The minimum atomic E-state index is 0.753. The van der Waals surface area contributed by atoms with E-state index in [-0.39, 0.29) is 0 Å². The molecule has 0 aliphatic heterocycles. The average Bonchev–Trinajstić information content (AvgIpc) is 2.52. The normalized spacial score (nSPS) is 10.4. The van der Waals surface area contributed by atoms with Gasteiger partial charge in [0.2, 0.25) is 0 Å². The Morgan fingerprint density at radius 3 is 2.71 bits per heavy atom. The monoisotopic (exact) mass is 251 g/mol. The Kier molecular flexibility index (Phi) is 2.29. The molecule has 0 saturated carbocycles. The van der Waals surface area contributed by atoms with Crippen LogP contribution in [0.3, 0.4) is 0 Å². The summed E-state index contributed by atoms with van der Waals surface area (Å²) in [6, 6.07) is 7.79. The molecule has 0 spiro atoms. The Balaban J connectivity index is 2.58. The van der Waals surface area contributed by atoms with Gasteiger partial charge in [-0.2, -0.15) is 5.10 Å². The van der Waals surface area contributed by atoms with Crippen LogP contribution in [-0.4, -0.2) is 9.78 Å². The highest BCUT2D eigenvalue weighted by molar-refractivity contribution is 9.10. The number of nitrogens with two attached hydrogens (primary N) is 1. The second-order valence-electron chi connectivity index (χ2n) is 3.07. The highest BCUT2D eigenvalue weighted by Crippen LogP contribution is 2.27. The largest absolute Gasteiger partial charge is 0.398 e. The van der Waals surface area contributed by atoms with Crippen molar-refractivity contribution in [3.05, 3.63) is 34.9 Å². The van der Waals surface area contributed by atoms with E-state index in [4.69, 9.17) is 5.73 Å². The molecule has 2 rings (SSSR count). The predicted octanol–water partition coefficient (Wildman–Crippen LogP) is 2.43. The van der Waals surface area contributed by atoms with Crippen LogP contribution in [0.15, 0.2) is 34.9 Å². The van der Waals surface area contributed by atoms with E-state index in [1.165, 1.54) is 0 Å². The second kappa shape index (κ2) is 3.46. The van der Waals surface area contributed by atoms with E-state index in [9.17, 15) is 0 Å². The Morgan fingerprint density at radius 1 is 1.36 bits per heavy atom. The zero-order valence-corrected chi connectivity index (χ0v) is 9.32. The molecule has 0 unspecified atom stereocenters. The van der Waals surface area contributed by atoms with Crippen LogP contribution in [0.25, 0.3) is 11.3 Å². The van der Waals surface area contributed by atoms with Gasteiger partial charge < -0.3 is 5.73 Å². The van der Waals surface area contributed by atoms with Gasteiger partial charge in [-0.1, -0.05) is 15.9 Å². The van der Waals surface area contributed by atoms with E-state index in [0.717, 1.165) is 21.4 Å². The van der Waals surface area contributed by atoms with E-state index >= 15 is 0 Å². The predicted molar refractivity (Wildman–Crippen MR) is 60.8 cm³/mol. The molecule has 0 aliphatic carbocycles. The van der Waals surface area contributed by atoms with E-state index in [1.54, 1.807) is 10.9 Å². The number of hydrogen-bond acceptors (Lipinski definition) is 2. The SMILES string of the molecule is Cn1nccc1-c1ccc(Br)cc1N. The molecule has 1 heterocycles. The standard InChI is InChI=1S/C10H10BrN3/c1-14-10(4-5-13-14)8-3-2-7(11)6-9(8)12/h2-6H,12H2,1H3. The second-order valence-corrected chi connectivity index (χ2v) is 3.99. The Hall–Kier alpha value is -1.29. The van der Waals surface area contributed by atoms with Crippen molar-refractivity contribution in [2.24, 2.45) is 7.05 Å². The van der Waals surface area contributed by atoms with Crippen LogP contribution in [0, 0.1) is 0 Å².